The van der Waals surface area contributed by atoms with Crippen molar-refractivity contribution in [3.05, 3.63) is 59.7 Å². The topological polar surface area (TPSA) is 87.7 Å². The molecule has 0 aliphatic carbocycles. The van der Waals surface area contributed by atoms with E-state index in [2.05, 4.69) is 10.6 Å². The van der Waals surface area contributed by atoms with Gasteiger partial charge in [-0.1, -0.05) is 30.3 Å². The summed E-state index contributed by atoms with van der Waals surface area (Å²) in [5, 5.41) is 5.54. The van der Waals surface area contributed by atoms with Gasteiger partial charge in [0.25, 0.3) is 5.91 Å². The van der Waals surface area contributed by atoms with Crippen LogP contribution in [0.5, 0.6) is 0 Å². The number of amides is 3. The molecule has 0 aromatic heterocycles. The van der Waals surface area contributed by atoms with Gasteiger partial charge in [0.05, 0.1) is 17.9 Å². The molecule has 1 aliphatic heterocycles. The van der Waals surface area contributed by atoms with Crippen LogP contribution in [0.3, 0.4) is 0 Å². The van der Waals surface area contributed by atoms with Crippen molar-refractivity contribution in [2.24, 2.45) is 0 Å². The number of aryl methyl sites for hydroxylation is 1. The van der Waals surface area contributed by atoms with Crippen LogP contribution in [-0.4, -0.2) is 37.6 Å². The molecule has 1 aliphatic rings. The fraction of sp³-hybridized carbons (Fsp3) is 0.250. The van der Waals surface area contributed by atoms with Crippen molar-refractivity contribution in [3.8, 4) is 0 Å². The van der Waals surface area contributed by atoms with Crippen LogP contribution in [0.25, 0.3) is 0 Å². The maximum atomic E-state index is 12.2. The van der Waals surface area contributed by atoms with E-state index in [4.69, 9.17) is 4.74 Å². The van der Waals surface area contributed by atoms with E-state index in [0.717, 1.165) is 5.56 Å². The van der Waals surface area contributed by atoms with Gasteiger partial charge in [0.2, 0.25) is 5.91 Å². The van der Waals surface area contributed by atoms with E-state index in [1.165, 1.54) is 4.90 Å². The minimum absolute atomic E-state index is 0.121. The number of para-hydroxylation sites is 2. The molecule has 1 fully saturated rings. The normalized spacial score (nSPS) is 13.2. The number of ether oxygens (including phenoxy) is 1. The molecule has 2 aromatic carbocycles. The van der Waals surface area contributed by atoms with Gasteiger partial charge in [0, 0.05) is 18.5 Å². The SMILES string of the molecule is Cc1ccccc1C(=O)NCCC(=O)Nc1ccccc1N1CCOC1=O. The molecule has 27 heavy (non-hydrogen) atoms. The third-order valence-corrected chi connectivity index (χ3v) is 4.26. The van der Waals surface area contributed by atoms with Gasteiger partial charge in [-0.25, -0.2) is 4.79 Å². The second-order valence-electron chi connectivity index (χ2n) is 6.15. The number of rotatable bonds is 6. The number of carbonyl (C=O) groups is 3. The van der Waals surface area contributed by atoms with Crippen LogP contribution in [0.1, 0.15) is 22.3 Å². The van der Waals surface area contributed by atoms with Crippen molar-refractivity contribution in [1.82, 2.24) is 5.32 Å². The maximum absolute atomic E-state index is 12.2. The summed E-state index contributed by atoms with van der Waals surface area (Å²) in [4.78, 5) is 37.7. The highest BCUT2D eigenvalue weighted by Crippen LogP contribution is 2.28. The first kappa shape index (κ1) is 18.4. The van der Waals surface area contributed by atoms with Crippen LogP contribution in [-0.2, 0) is 9.53 Å². The fourth-order valence-corrected chi connectivity index (χ4v) is 2.85. The minimum atomic E-state index is -0.429. The lowest BCUT2D eigenvalue weighted by molar-refractivity contribution is -0.116. The van der Waals surface area contributed by atoms with E-state index in [-0.39, 0.29) is 24.8 Å². The number of anilines is 2. The number of nitrogens with one attached hydrogen (secondary N) is 2. The van der Waals surface area contributed by atoms with E-state index in [0.29, 0.717) is 30.1 Å². The van der Waals surface area contributed by atoms with Crippen LogP contribution in [0.15, 0.2) is 48.5 Å². The zero-order valence-electron chi connectivity index (χ0n) is 15.0. The van der Waals surface area contributed by atoms with Crippen molar-refractivity contribution in [2.45, 2.75) is 13.3 Å². The summed E-state index contributed by atoms with van der Waals surface area (Å²) >= 11 is 0. The van der Waals surface area contributed by atoms with Crippen molar-refractivity contribution in [3.63, 3.8) is 0 Å². The number of carbonyl (C=O) groups excluding carboxylic acids is 3. The molecule has 1 saturated heterocycles. The van der Waals surface area contributed by atoms with Gasteiger partial charge >= 0.3 is 6.09 Å². The lowest BCUT2D eigenvalue weighted by Gasteiger charge is -2.17. The summed E-state index contributed by atoms with van der Waals surface area (Å²) in [5.74, 6) is -0.457. The van der Waals surface area contributed by atoms with Crippen molar-refractivity contribution in [1.29, 1.82) is 0 Å². The standard InChI is InChI=1S/C20H21N3O4/c1-14-6-2-3-7-15(14)19(25)21-11-10-18(24)22-16-8-4-5-9-17(16)23-12-13-27-20(23)26/h2-9H,10-13H2,1H3,(H,21,25)(H,22,24). The van der Waals surface area contributed by atoms with Crippen LogP contribution in [0.2, 0.25) is 0 Å². The van der Waals surface area contributed by atoms with Gasteiger partial charge in [-0.05, 0) is 30.7 Å². The molecule has 2 aromatic rings. The van der Waals surface area contributed by atoms with Gasteiger partial charge < -0.3 is 15.4 Å². The summed E-state index contributed by atoms with van der Waals surface area (Å²) in [5.41, 5.74) is 2.60. The molecular formula is C20H21N3O4. The van der Waals surface area contributed by atoms with Gasteiger partial charge in [0.15, 0.2) is 0 Å². The Balaban J connectivity index is 1.55. The molecule has 2 N–H and O–H groups in total. The average molecular weight is 367 g/mol. The Kier molecular flexibility index (Phi) is 5.71. The molecule has 3 rings (SSSR count). The lowest BCUT2D eigenvalue weighted by Crippen LogP contribution is -2.29. The molecule has 140 valence electrons. The van der Waals surface area contributed by atoms with Gasteiger partial charge in [0.1, 0.15) is 6.61 Å². The molecule has 7 heteroatoms. The highest BCUT2D eigenvalue weighted by atomic mass is 16.6. The van der Waals surface area contributed by atoms with Crippen LogP contribution < -0.4 is 15.5 Å². The van der Waals surface area contributed by atoms with Gasteiger partial charge in [-0.2, -0.15) is 0 Å². The minimum Gasteiger partial charge on any atom is -0.447 e. The first-order valence-electron chi connectivity index (χ1n) is 8.73. The average Bonchev–Trinajstić information content (AvgIpc) is 3.08. The fourth-order valence-electron chi connectivity index (χ4n) is 2.85. The Morgan fingerprint density at radius 3 is 2.59 bits per heavy atom. The summed E-state index contributed by atoms with van der Waals surface area (Å²) in [7, 11) is 0. The predicted molar refractivity (Wildman–Crippen MR) is 102 cm³/mol. The highest BCUT2D eigenvalue weighted by molar-refractivity contribution is 6.00. The summed E-state index contributed by atoms with van der Waals surface area (Å²) < 4.78 is 4.95. The Morgan fingerprint density at radius 2 is 1.85 bits per heavy atom. The molecule has 1 heterocycles. The van der Waals surface area contributed by atoms with E-state index in [1.807, 2.05) is 19.1 Å². The van der Waals surface area contributed by atoms with Gasteiger partial charge in [-0.15, -0.1) is 0 Å². The summed E-state index contributed by atoms with van der Waals surface area (Å²) in [6, 6.07) is 14.3. The number of benzene rings is 2. The predicted octanol–water partition coefficient (Wildman–Crippen LogP) is 2.71. The molecule has 0 saturated carbocycles. The summed E-state index contributed by atoms with van der Waals surface area (Å²) in [6.45, 7) is 2.85. The Bertz CT molecular complexity index is 866. The van der Waals surface area contributed by atoms with E-state index >= 15 is 0 Å². The van der Waals surface area contributed by atoms with E-state index < -0.39 is 6.09 Å². The Hall–Kier alpha value is -3.35. The summed E-state index contributed by atoms with van der Waals surface area (Å²) in [6.07, 6.45) is -0.307. The molecule has 0 unspecified atom stereocenters. The quantitative estimate of drug-likeness (QED) is 0.822. The monoisotopic (exact) mass is 367 g/mol. The molecular weight excluding hydrogens is 346 g/mol. The van der Waals surface area contributed by atoms with Crippen LogP contribution in [0.4, 0.5) is 16.2 Å². The largest absolute Gasteiger partial charge is 0.447 e. The number of cyclic esters (lactones) is 1. The van der Waals surface area contributed by atoms with Crippen LogP contribution in [0, 0.1) is 6.92 Å². The Labute approximate surface area is 157 Å². The first-order chi connectivity index (χ1) is 13.1. The smallest absolute Gasteiger partial charge is 0.414 e. The third-order valence-electron chi connectivity index (χ3n) is 4.26. The maximum Gasteiger partial charge on any atom is 0.414 e. The third kappa shape index (κ3) is 4.44. The molecule has 0 spiro atoms. The van der Waals surface area contributed by atoms with E-state index in [9.17, 15) is 14.4 Å². The van der Waals surface area contributed by atoms with Gasteiger partial charge in [-0.3, -0.25) is 14.5 Å². The van der Waals surface area contributed by atoms with Crippen molar-refractivity contribution >= 4 is 29.3 Å². The van der Waals surface area contributed by atoms with Crippen molar-refractivity contribution < 1.29 is 19.1 Å². The number of hydrogen-bond acceptors (Lipinski definition) is 4. The second-order valence-corrected chi connectivity index (χ2v) is 6.15. The number of hydrogen-bond donors (Lipinski definition) is 2. The first-order valence-corrected chi connectivity index (χ1v) is 8.73. The molecule has 0 radical (unpaired) electrons. The highest BCUT2D eigenvalue weighted by Gasteiger charge is 2.25. The van der Waals surface area contributed by atoms with Crippen molar-refractivity contribution in [2.75, 3.05) is 29.9 Å². The zero-order valence-corrected chi connectivity index (χ0v) is 15.0. The Morgan fingerprint density at radius 1 is 1.11 bits per heavy atom. The van der Waals surface area contributed by atoms with E-state index in [1.54, 1.807) is 36.4 Å². The second kappa shape index (κ2) is 8.35. The molecule has 3 amide bonds. The molecule has 0 atom stereocenters. The van der Waals surface area contributed by atoms with Crippen LogP contribution >= 0.6 is 0 Å². The lowest BCUT2D eigenvalue weighted by atomic mass is 10.1. The zero-order chi connectivity index (χ0) is 19.2. The number of nitrogens with zero attached hydrogens (tertiary/aromatic N) is 1. The molecule has 7 nitrogen and oxygen atoms in total. The molecule has 0 bridgehead atoms.